The van der Waals surface area contributed by atoms with Gasteiger partial charge in [-0.1, -0.05) is 30.3 Å². The molecule has 0 aromatic heterocycles. The number of amides is 1. The van der Waals surface area contributed by atoms with Gasteiger partial charge < -0.3 is 20.1 Å². The number of nitrogens with zero attached hydrogens (tertiary/aromatic N) is 1. The Morgan fingerprint density at radius 2 is 1.80 bits per heavy atom. The summed E-state index contributed by atoms with van der Waals surface area (Å²) in [5, 5.41) is 0. The van der Waals surface area contributed by atoms with Crippen molar-refractivity contribution >= 4 is 5.91 Å². The van der Waals surface area contributed by atoms with Crippen molar-refractivity contribution in [2.75, 3.05) is 33.4 Å². The van der Waals surface area contributed by atoms with Crippen molar-refractivity contribution in [2.45, 2.75) is 12.0 Å². The van der Waals surface area contributed by atoms with Gasteiger partial charge in [0.15, 0.2) is 0 Å². The van der Waals surface area contributed by atoms with E-state index in [-0.39, 0.29) is 17.9 Å². The van der Waals surface area contributed by atoms with Gasteiger partial charge >= 0.3 is 0 Å². The molecule has 0 spiro atoms. The van der Waals surface area contributed by atoms with E-state index in [1.807, 2.05) is 35.2 Å². The van der Waals surface area contributed by atoms with Gasteiger partial charge in [-0.3, -0.25) is 4.79 Å². The second-order valence-electron chi connectivity index (χ2n) is 6.26. The van der Waals surface area contributed by atoms with Gasteiger partial charge in [0.1, 0.15) is 12.4 Å². The molecule has 1 amide bonds. The molecular formula is C20H24N2O3. The molecule has 5 heteroatoms. The second kappa shape index (κ2) is 8.14. The molecule has 132 valence electrons. The Kier molecular flexibility index (Phi) is 5.68. The predicted octanol–water partition coefficient (Wildman–Crippen LogP) is 2.28. The zero-order chi connectivity index (χ0) is 17.6. The molecule has 2 aromatic carbocycles. The largest absolute Gasteiger partial charge is 0.491 e. The highest BCUT2D eigenvalue weighted by molar-refractivity contribution is 5.94. The molecule has 0 bridgehead atoms. The molecule has 5 nitrogen and oxygen atoms in total. The van der Waals surface area contributed by atoms with Crippen LogP contribution in [0.5, 0.6) is 5.75 Å². The molecular weight excluding hydrogens is 316 g/mol. The maximum Gasteiger partial charge on any atom is 0.253 e. The van der Waals surface area contributed by atoms with Crippen LogP contribution in [0.1, 0.15) is 21.8 Å². The van der Waals surface area contributed by atoms with Crippen molar-refractivity contribution in [1.29, 1.82) is 0 Å². The van der Waals surface area contributed by atoms with E-state index in [0.29, 0.717) is 31.9 Å². The number of carbonyl (C=O) groups excluding carboxylic acids is 1. The third-order valence-corrected chi connectivity index (χ3v) is 4.54. The number of rotatable bonds is 6. The van der Waals surface area contributed by atoms with Crippen LogP contribution in [0.25, 0.3) is 0 Å². The minimum absolute atomic E-state index is 0.0114. The smallest absolute Gasteiger partial charge is 0.253 e. The first-order valence-electron chi connectivity index (χ1n) is 8.50. The molecule has 0 aliphatic carbocycles. The zero-order valence-corrected chi connectivity index (χ0v) is 14.4. The summed E-state index contributed by atoms with van der Waals surface area (Å²) in [5.41, 5.74) is 8.12. The standard InChI is InChI=1S/C20H24N2O3/c1-24-11-12-25-17-9-7-16(8-10-17)20(23)22-13-18(19(21)14-22)15-5-3-2-4-6-15/h2-10,18-19H,11-14,21H2,1H3/t18-,19+/m0/s1. The Bertz CT molecular complexity index is 688. The van der Waals surface area contributed by atoms with E-state index in [1.54, 1.807) is 19.2 Å². The monoisotopic (exact) mass is 340 g/mol. The van der Waals surface area contributed by atoms with E-state index >= 15 is 0 Å². The van der Waals surface area contributed by atoms with Crippen LogP contribution in [0.4, 0.5) is 0 Å². The number of carbonyl (C=O) groups is 1. The maximum atomic E-state index is 12.8. The van der Waals surface area contributed by atoms with Gasteiger partial charge in [-0.2, -0.15) is 0 Å². The third kappa shape index (κ3) is 4.18. The normalized spacial score (nSPS) is 19.8. The Morgan fingerprint density at radius 1 is 1.08 bits per heavy atom. The number of hydrogen-bond donors (Lipinski definition) is 1. The van der Waals surface area contributed by atoms with Gasteiger partial charge in [0.05, 0.1) is 6.61 Å². The van der Waals surface area contributed by atoms with Gasteiger partial charge in [0, 0.05) is 37.7 Å². The Hall–Kier alpha value is -2.37. The average molecular weight is 340 g/mol. The van der Waals surface area contributed by atoms with Gasteiger partial charge in [-0.25, -0.2) is 0 Å². The topological polar surface area (TPSA) is 64.8 Å². The number of likely N-dealkylation sites (tertiary alicyclic amines) is 1. The first-order valence-corrected chi connectivity index (χ1v) is 8.50. The first kappa shape index (κ1) is 17.5. The molecule has 1 aliphatic heterocycles. The fourth-order valence-corrected chi connectivity index (χ4v) is 3.17. The average Bonchev–Trinajstić information content (AvgIpc) is 3.04. The number of nitrogens with two attached hydrogens (primary N) is 1. The highest BCUT2D eigenvalue weighted by Gasteiger charge is 2.34. The molecule has 1 aliphatic rings. The molecule has 0 radical (unpaired) electrons. The van der Waals surface area contributed by atoms with Gasteiger partial charge in [0.2, 0.25) is 0 Å². The van der Waals surface area contributed by atoms with Crippen LogP contribution in [0.15, 0.2) is 54.6 Å². The molecule has 2 aromatic rings. The van der Waals surface area contributed by atoms with Gasteiger partial charge in [0.25, 0.3) is 5.91 Å². The Labute approximate surface area is 148 Å². The van der Waals surface area contributed by atoms with Crippen LogP contribution in [0.2, 0.25) is 0 Å². The molecule has 1 saturated heterocycles. The van der Waals surface area contributed by atoms with Crippen molar-refractivity contribution in [3.05, 3.63) is 65.7 Å². The van der Waals surface area contributed by atoms with Crippen molar-refractivity contribution in [2.24, 2.45) is 5.73 Å². The highest BCUT2D eigenvalue weighted by atomic mass is 16.5. The summed E-state index contributed by atoms with van der Waals surface area (Å²) in [6.07, 6.45) is 0. The van der Waals surface area contributed by atoms with Crippen LogP contribution >= 0.6 is 0 Å². The maximum absolute atomic E-state index is 12.8. The summed E-state index contributed by atoms with van der Waals surface area (Å²) in [7, 11) is 1.63. The quantitative estimate of drug-likeness (QED) is 0.820. The van der Waals surface area contributed by atoms with Gasteiger partial charge in [-0.05, 0) is 29.8 Å². The Morgan fingerprint density at radius 3 is 2.48 bits per heavy atom. The molecule has 1 heterocycles. The van der Waals surface area contributed by atoms with Crippen molar-refractivity contribution < 1.29 is 14.3 Å². The number of methoxy groups -OCH3 is 1. The SMILES string of the molecule is COCCOc1ccc(C(=O)N2C[C@@H](N)[C@H](c3ccccc3)C2)cc1. The summed E-state index contributed by atoms with van der Waals surface area (Å²) in [4.78, 5) is 14.6. The van der Waals surface area contributed by atoms with E-state index in [0.717, 1.165) is 5.75 Å². The lowest BCUT2D eigenvalue weighted by Gasteiger charge is -2.17. The lowest BCUT2D eigenvalue weighted by atomic mass is 9.95. The fourth-order valence-electron chi connectivity index (χ4n) is 3.17. The molecule has 0 unspecified atom stereocenters. The third-order valence-electron chi connectivity index (χ3n) is 4.54. The van der Waals surface area contributed by atoms with Crippen LogP contribution in [0.3, 0.4) is 0 Å². The summed E-state index contributed by atoms with van der Waals surface area (Å²) >= 11 is 0. The molecule has 2 atom stereocenters. The van der Waals surface area contributed by atoms with E-state index in [2.05, 4.69) is 12.1 Å². The van der Waals surface area contributed by atoms with Crippen molar-refractivity contribution in [3.63, 3.8) is 0 Å². The molecule has 3 rings (SSSR count). The molecule has 0 saturated carbocycles. The molecule has 1 fully saturated rings. The Balaban J connectivity index is 1.63. The minimum atomic E-state index is -0.0389. The number of benzene rings is 2. The van der Waals surface area contributed by atoms with E-state index in [9.17, 15) is 4.79 Å². The summed E-state index contributed by atoms with van der Waals surface area (Å²) in [5.74, 6) is 0.924. The zero-order valence-electron chi connectivity index (χ0n) is 14.4. The van der Waals surface area contributed by atoms with E-state index < -0.39 is 0 Å². The summed E-state index contributed by atoms with van der Waals surface area (Å²) in [6.45, 7) is 2.25. The fraction of sp³-hybridized carbons (Fsp3) is 0.350. The van der Waals surface area contributed by atoms with Crippen molar-refractivity contribution in [3.8, 4) is 5.75 Å². The minimum Gasteiger partial charge on any atom is -0.491 e. The molecule has 2 N–H and O–H groups in total. The van der Waals surface area contributed by atoms with Crippen LogP contribution in [-0.2, 0) is 4.74 Å². The summed E-state index contributed by atoms with van der Waals surface area (Å²) in [6, 6.07) is 17.3. The highest BCUT2D eigenvalue weighted by Crippen LogP contribution is 2.27. The van der Waals surface area contributed by atoms with Gasteiger partial charge in [-0.15, -0.1) is 0 Å². The first-order chi connectivity index (χ1) is 12.2. The van der Waals surface area contributed by atoms with E-state index in [4.69, 9.17) is 15.2 Å². The number of hydrogen-bond acceptors (Lipinski definition) is 4. The van der Waals surface area contributed by atoms with E-state index in [1.165, 1.54) is 5.56 Å². The molecule has 25 heavy (non-hydrogen) atoms. The predicted molar refractivity (Wildman–Crippen MR) is 96.9 cm³/mol. The lowest BCUT2D eigenvalue weighted by Crippen LogP contribution is -2.32. The van der Waals surface area contributed by atoms with Crippen molar-refractivity contribution in [1.82, 2.24) is 4.90 Å². The summed E-state index contributed by atoms with van der Waals surface area (Å²) < 4.78 is 10.5. The lowest BCUT2D eigenvalue weighted by molar-refractivity contribution is 0.0789. The number of ether oxygens (including phenoxy) is 2. The van der Waals surface area contributed by atoms with Crippen LogP contribution < -0.4 is 10.5 Å². The second-order valence-corrected chi connectivity index (χ2v) is 6.26. The van der Waals surface area contributed by atoms with Crippen LogP contribution in [-0.4, -0.2) is 50.3 Å². The van der Waals surface area contributed by atoms with Crippen LogP contribution in [0, 0.1) is 0 Å².